The van der Waals surface area contributed by atoms with E-state index in [4.69, 9.17) is 39.5 Å². The molecule has 23 heavy (non-hydrogen) atoms. The normalized spacial score (nSPS) is 10.3. The number of halogens is 3. The number of nitrogens with zero attached hydrogens (tertiary/aromatic N) is 1. The van der Waals surface area contributed by atoms with E-state index in [-0.39, 0.29) is 37.8 Å². The molecule has 0 bridgehead atoms. The van der Waals surface area contributed by atoms with Gasteiger partial charge in [0.2, 0.25) is 0 Å². The van der Waals surface area contributed by atoms with Gasteiger partial charge >= 0.3 is 0 Å². The van der Waals surface area contributed by atoms with Gasteiger partial charge in [0.25, 0.3) is 11.6 Å². The van der Waals surface area contributed by atoms with Gasteiger partial charge < -0.3 is 10.1 Å². The molecule has 120 valence electrons. The predicted molar refractivity (Wildman–Crippen MR) is 89.1 cm³/mol. The topological polar surface area (TPSA) is 81.5 Å². The fourth-order valence-corrected chi connectivity index (χ4v) is 2.65. The van der Waals surface area contributed by atoms with Gasteiger partial charge in [-0.25, -0.2) is 0 Å². The number of benzene rings is 2. The molecule has 9 heteroatoms. The maximum Gasteiger partial charge on any atom is 0.294 e. The Balaban J connectivity index is 2.35. The molecule has 1 amide bonds. The quantitative estimate of drug-likeness (QED) is 0.614. The van der Waals surface area contributed by atoms with Crippen LogP contribution in [0.25, 0.3) is 0 Å². The minimum atomic E-state index is -0.643. The van der Waals surface area contributed by atoms with Crippen LogP contribution in [0.2, 0.25) is 15.1 Å². The van der Waals surface area contributed by atoms with E-state index in [0.717, 1.165) is 6.07 Å². The summed E-state index contributed by atoms with van der Waals surface area (Å²) >= 11 is 17.7. The van der Waals surface area contributed by atoms with E-state index >= 15 is 0 Å². The molecule has 1 N–H and O–H groups in total. The lowest BCUT2D eigenvalue weighted by Crippen LogP contribution is -2.13. The number of anilines is 1. The van der Waals surface area contributed by atoms with E-state index in [1.807, 2.05) is 0 Å². The van der Waals surface area contributed by atoms with Crippen LogP contribution < -0.4 is 10.1 Å². The van der Waals surface area contributed by atoms with Crippen LogP contribution >= 0.6 is 34.8 Å². The highest BCUT2D eigenvalue weighted by molar-refractivity contribution is 6.37. The van der Waals surface area contributed by atoms with Crippen LogP contribution in [0.4, 0.5) is 11.4 Å². The highest BCUT2D eigenvalue weighted by atomic mass is 35.5. The molecular weight excluding hydrogens is 367 g/mol. The Kier molecular flexibility index (Phi) is 5.30. The molecule has 2 aromatic rings. The van der Waals surface area contributed by atoms with E-state index < -0.39 is 10.8 Å². The van der Waals surface area contributed by atoms with Crippen LogP contribution in [-0.4, -0.2) is 17.9 Å². The number of hydrogen-bond acceptors (Lipinski definition) is 4. The van der Waals surface area contributed by atoms with Gasteiger partial charge in [-0.05, 0) is 24.3 Å². The van der Waals surface area contributed by atoms with Gasteiger partial charge in [0.05, 0.1) is 22.1 Å². The van der Waals surface area contributed by atoms with Crippen LogP contribution in [0.3, 0.4) is 0 Å². The fraction of sp³-hybridized carbons (Fsp3) is 0.0714. The van der Waals surface area contributed by atoms with Crippen LogP contribution in [0.5, 0.6) is 5.75 Å². The molecular formula is C14H9Cl3N2O4. The van der Waals surface area contributed by atoms with Crippen molar-refractivity contribution < 1.29 is 14.5 Å². The summed E-state index contributed by atoms with van der Waals surface area (Å²) in [5, 5.41) is 13.9. The van der Waals surface area contributed by atoms with Gasteiger partial charge in [-0.15, -0.1) is 0 Å². The summed E-state index contributed by atoms with van der Waals surface area (Å²) in [4.78, 5) is 22.6. The maximum absolute atomic E-state index is 12.3. The largest absolute Gasteiger partial charge is 0.494 e. The Morgan fingerprint density at radius 1 is 1.17 bits per heavy atom. The van der Waals surface area contributed by atoms with Crippen LogP contribution in [-0.2, 0) is 0 Å². The monoisotopic (exact) mass is 374 g/mol. The second-order valence-corrected chi connectivity index (χ2v) is 5.60. The minimum absolute atomic E-state index is 0.00691. The SMILES string of the molecule is COc1c(Cl)cc(C(=O)Nc2ccc(Cl)cc2[N+](=O)[O-])cc1Cl. The molecule has 0 fully saturated rings. The van der Waals surface area contributed by atoms with Crippen LogP contribution in [0.1, 0.15) is 10.4 Å². The maximum atomic E-state index is 12.3. The first-order valence-electron chi connectivity index (χ1n) is 6.11. The molecule has 2 rings (SSSR count). The summed E-state index contributed by atoms with van der Waals surface area (Å²) < 4.78 is 4.99. The molecule has 0 heterocycles. The zero-order valence-corrected chi connectivity index (χ0v) is 13.9. The second kappa shape index (κ2) is 7.04. The summed E-state index contributed by atoms with van der Waals surface area (Å²) in [6, 6.07) is 6.61. The summed E-state index contributed by atoms with van der Waals surface area (Å²) in [6.45, 7) is 0. The molecule has 0 aliphatic rings. The van der Waals surface area contributed by atoms with Crippen molar-refractivity contribution in [2.75, 3.05) is 12.4 Å². The van der Waals surface area contributed by atoms with Gasteiger partial charge in [0, 0.05) is 16.7 Å². The summed E-state index contributed by atoms with van der Waals surface area (Å²) in [5.74, 6) is -0.371. The molecule has 0 spiro atoms. The lowest BCUT2D eigenvalue weighted by molar-refractivity contribution is -0.383. The zero-order chi connectivity index (χ0) is 17.1. The van der Waals surface area contributed by atoms with Gasteiger partial charge in [0.15, 0.2) is 5.75 Å². The predicted octanol–water partition coefficient (Wildman–Crippen LogP) is 4.82. The van der Waals surface area contributed by atoms with Gasteiger partial charge in [-0.2, -0.15) is 0 Å². The molecule has 2 aromatic carbocycles. The highest BCUT2D eigenvalue weighted by Crippen LogP contribution is 2.34. The van der Waals surface area contributed by atoms with Gasteiger partial charge in [0.1, 0.15) is 5.69 Å². The van der Waals surface area contributed by atoms with E-state index in [1.165, 1.54) is 31.4 Å². The van der Waals surface area contributed by atoms with Crippen molar-refractivity contribution in [3.63, 3.8) is 0 Å². The Hall–Kier alpha value is -2.02. The van der Waals surface area contributed by atoms with Crippen molar-refractivity contribution >= 4 is 52.1 Å². The molecule has 0 radical (unpaired) electrons. The number of amides is 1. The van der Waals surface area contributed by atoms with Crippen molar-refractivity contribution in [1.82, 2.24) is 0 Å². The molecule has 6 nitrogen and oxygen atoms in total. The Bertz CT molecular complexity index is 773. The van der Waals surface area contributed by atoms with Crippen molar-refractivity contribution in [1.29, 1.82) is 0 Å². The third kappa shape index (κ3) is 3.85. The summed E-state index contributed by atoms with van der Waals surface area (Å²) in [5.41, 5.74) is -0.186. The van der Waals surface area contributed by atoms with Crippen molar-refractivity contribution in [3.05, 3.63) is 61.1 Å². The lowest BCUT2D eigenvalue weighted by Gasteiger charge is -2.10. The first-order chi connectivity index (χ1) is 10.8. The van der Waals surface area contributed by atoms with Crippen molar-refractivity contribution in [2.45, 2.75) is 0 Å². The Morgan fingerprint density at radius 3 is 2.30 bits per heavy atom. The molecule has 0 saturated carbocycles. The Labute approximate surface area is 146 Å². The average Bonchev–Trinajstić information content (AvgIpc) is 2.48. The third-order valence-electron chi connectivity index (χ3n) is 2.87. The molecule has 0 saturated heterocycles. The number of nitro groups is 1. The third-order valence-corrected chi connectivity index (χ3v) is 3.67. The van der Waals surface area contributed by atoms with Gasteiger partial charge in [-0.3, -0.25) is 14.9 Å². The van der Waals surface area contributed by atoms with Crippen molar-refractivity contribution in [2.24, 2.45) is 0 Å². The first kappa shape index (κ1) is 17.3. The summed E-state index contributed by atoms with van der Waals surface area (Å²) in [7, 11) is 1.39. The van der Waals surface area contributed by atoms with E-state index in [2.05, 4.69) is 5.32 Å². The van der Waals surface area contributed by atoms with E-state index in [9.17, 15) is 14.9 Å². The molecule has 0 aliphatic heterocycles. The molecule has 0 aliphatic carbocycles. The average molecular weight is 376 g/mol. The fourth-order valence-electron chi connectivity index (χ4n) is 1.84. The number of rotatable bonds is 4. The number of hydrogen-bond donors (Lipinski definition) is 1. The van der Waals surface area contributed by atoms with Gasteiger partial charge in [-0.1, -0.05) is 34.8 Å². The number of ether oxygens (including phenoxy) is 1. The van der Waals surface area contributed by atoms with E-state index in [0.29, 0.717) is 0 Å². The van der Waals surface area contributed by atoms with Crippen LogP contribution in [0, 0.1) is 10.1 Å². The standard InChI is InChI=1S/C14H9Cl3N2O4/c1-23-13-9(16)4-7(5-10(13)17)14(20)18-11-3-2-8(15)6-12(11)19(21)22/h2-6H,1H3,(H,18,20). The minimum Gasteiger partial charge on any atom is -0.494 e. The molecule has 0 atom stereocenters. The molecule has 0 aromatic heterocycles. The number of nitro benzene ring substituents is 1. The highest BCUT2D eigenvalue weighted by Gasteiger charge is 2.19. The number of carbonyl (C=O) groups excluding carboxylic acids is 1. The number of nitrogens with one attached hydrogen (secondary N) is 1. The molecule has 0 unspecified atom stereocenters. The smallest absolute Gasteiger partial charge is 0.294 e. The Morgan fingerprint density at radius 2 is 1.78 bits per heavy atom. The summed E-state index contributed by atoms with van der Waals surface area (Å²) in [6.07, 6.45) is 0. The van der Waals surface area contributed by atoms with E-state index in [1.54, 1.807) is 0 Å². The number of carbonyl (C=O) groups is 1. The number of methoxy groups -OCH3 is 1. The second-order valence-electron chi connectivity index (χ2n) is 4.35. The van der Waals surface area contributed by atoms with Crippen LogP contribution in [0.15, 0.2) is 30.3 Å². The van der Waals surface area contributed by atoms with Crippen molar-refractivity contribution in [3.8, 4) is 5.75 Å². The first-order valence-corrected chi connectivity index (χ1v) is 7.25. The lowest BCUT2D eigenvalue weighted by atomic mass is 10.2. The zero-order valence-electron chi connectivity index (χ0n) is 11.6.